The molecule has 0 aliphatic heterocycles. The van der Waals surface area contributed by atoms with E-state index in [1.165, 1.54) is 128 Å². The van der Waals surface area contributed by atoms with Crippen molar-refractivity contribution in [3.05, 3.63) is 50.1 Å². The number of unbranched alkanes of at least 4 members (excludes halogenated alkanes) is 17. The lowest BCUT2D eigenvalue weighted by Crippen LogP contribution is -1.97. The second kappa shape index (κ2) is 27.0. The maximum absolute atomic E-state index is 3.85. The van der Waals surface area contributed by atoms with Crippen LogP contribution in [0.25, 0.3) is 0 Å². The van der Waals surface area contributed by atoms with E-state index in [4.69, 9.17) is 0 Å². The first-order chi connectivity index (χ1) is 15.3. The van der Waals surface area contributed by atoms with Crippen molar-refractivity contribution in [2.24, 2.45) is 5.92 Å². The Balaban J connectivity index is 3.77. The Bertz CT molecular complexity index is 374. The molecule has 0 radical (unpaired) electrons. The fraction of sp³-hybridized carbons (Fsp3) is 0.742. The molecule has 0 aromatic carbocycles. The fourth-order valence-electron chi connectivity index (χ4n) is 4.35. The molecule has 0 N–H and O–H groups in total. The average Bonchev–Trinajstić information content (AvgIpc) is 2.78. The molecule has 0 aliphatic rings. The van der Waals surface area contributed by atoms with Crippen LogP contribution in [0, 0.1) is 5.92 Å². The van der Waals surface area contributed by atoms with Crippen LogP contribution >= 0.6 is 0 Å². The highest BCUT2D eigenvalue weighted by molar-refractivity contribution is 4.90. The molecule has 0 bridgehead atoms. The number of rotatable bonds is 26. The van der Waals surface area contributed by atoms with E-state index in [0.717, 1.165) is 18.8 Å². The quantitative estimate of drug-likeness (QED) is 0.0948. The van der Waals surface area contributed by atoms with Crippen LogP contribution < -0.4 is 0 Å². The van der Waals surface area contributed by atoms with Crippen LogP contribution in [0.5, 0.6) is 0 Å². The van der Waals surface area contributed by atoms with E-state index in [9.17, 15) is 0 Å². The molecule has 0 fully saturated rings. The van der Waals surface area contributed by atoms with Gasteiger partial charge in [0.25, 0.3) is 0 Å². The normalized spacial score (nSPS) is 11.4. The highest BCUT2D eigenvalue weighted by Crippen LogP contribution is 2.21. The van der Waals surface area contributed by atoms with Crippen LogP contribution in [0.3, 0.4) is 0 Å². The highest BCUT2D eigenvalue weighted by Gasteiger charge is 2.05. The number of hydrogen-bond acceptors (Lipinski definition) is 0. The van der Waals surface area contributed by atoms with Gasteiger partial charge in [-0.2, -0.15) is 0 Å². The van der Waals surface area contributed by atoms with Gasteiger partial charge in [-0.1, -0.05) is 120 Å². The topological polar surface area (TPSA) is 0 Å². The smallest absolute Gasteiger partial charge is 0.0234 e. The van der Waals surface area contributed by atoms with Crippen molar-refractivity contribution in [2.75, 3.05) is 0 Å². The first kappa shape index (κ1) is 30.0. The van der Waals surface area contributed by atoms with Crippen molar-refractivity contribution in [1.82, 2.24) is 0 Å². The predicted molar refractivity (Wildman–Crippen MR) is 145 cm³/mol. The highest BCUT2D eigenvalue weighted by atomic mass is 14.1. The van der Waals surface area contributed by atoms with E-state index < -0.39 is 0 Å². The van der Waals surface area contributed by atoms with Gasteiger partial charge in [0.1, 0.15) is 0 Å². The van der Waals surface area contributed by atoms with Gasteiger partial charge in [0, 0.05) is 0 Å². The van der Waals surface area contributed by atoms with E-state index in [1.807, 2.05) is 6.08 Å². The summed E-state index contributed by atoms with van der Waals surface area (Å²) in [5.74, 6) is 0.808. The Morgan fingerprint density at radius 1 is 0.387 bits per heavy atom. The monoisotopic (exact) mass is 428 g/mol. The van der Waals surface area contributed by atoms with Crippen molar-refractivity contribution >= 4 is 0 Å². The molecule has 0 atom stereocenters. The molecule has 0 aromatic heterocycles. The molecule has 31 heavy (non-hydrogen) atoms. The molecule has 0 heterocycles. The summed E-state index contributed by atoms with van der Waals surface area (Å²) in [5.41, 5.74) is 0. The first-order valence-corrected chi connectivity index (χ1v) is 13.8. The van der Waals surface area contributed by atoms with Crippen molar-refractivity contribution in [3.8, 4) is 0 Å². The minimum atomic E-state index is 0.808. The van der Waals surface area contributed by atoms with E-state index in [2.05, 4.69) is 44.0 Å². The Morgan fingerprint density at radius 3 is 1.13 bits per heavy atom. The lowest BCUT2D eigenvalue weighted by atomic mass is 9.93. The number of hydrogen-bond donors (Lipinski definition) is 0. The van der Waals surface area contributed by atoms with Gasteiger partial charge in [-0.05, 0) is 57.3 Å². The van der Waals surface area contributed by atoms with Crippen molar-refractivity contribution in [2.45, 2.75) is 141 Å². The molecule has 0 saturated carbocycles. The van der Waals surface area contributed by atoms with E-state index in [-0.39, 0.29) is 0 Å². The minimum Gasteiger partial charge on any atom is -0.103 e. The third kappa shape index (κ3) is 25.1. The Labute approximate surface area is 197 Å². The Morgan fingerprint density at radius 2 is 0.742 bits per heavy atom. The summed E-state index contributed by atoms with van der Waals surface area (Å²) in [6, 6.07) is 0. The van der Waals surface area contributed by atoms with Crippen LogP contribution in [0.2, 0.25) is 0 Å². The summed E-state index contributed by atoms with van der Waals surface area (Å²) < 4.78 is 0. The van der Waals surface area contributed by atoms with Gasteiger partial charge in [0.2, 0.25) is 0 Å². The number of allylic oxidation sites excluding steroid dienone is 5. The predicted octanol–water partition coefficient (Wildman–Crippen LogP) is 11.3. The molecular weight excluding hydrogens is 372 g/mol. The maximum atomic E-state index is 3.85. The van der Waals surface area contributed by atoms with E-state index >= 15 is 0 Å². The van der Waals surface area contributed by atoms with Crippen LogP contribution in [0.4, 0.5) is 0 Å². The molecule has 0 aromatic rings. The lowest BCUT2D eigenvalue weighted by molar-refractivity contribution is 0.462. The zero-order valence-electron chi connectivity index (χ0n) is 21.1. The summed E-state index contributed by atoms with van der Waals surface area (Å²) in [6.45, 7) is 11.5. The Kier molecular flexibility index (Phi) is 26.1. The molecule has 0 spiro atoms. The maximum Gasteiger partial charge on any atom is -0.0234 e. The van der Waals surface area contributed by atoms with Gasteiger partial charge in [0.05, 0.1) is 0 Å². The molecular formula is C31H56. The third-order valence-corrected chi connectivity index (χ3v) is 6.41. The van der Waals surface area contributed by atoms with Gasteiger partial charge < -0.3 is 0 Å². The molecule has 0 amide bonds. The summed E-state index contributed by atoms with van der Waals surface area (Å²) in [7, 11) is 0. The fourth-order valence-corrected chi connectivity index (χ4v) is 4.35. The molecule has 0 saturated heterocycles. The van der Waals surface area contributed by atoms with Crippen molar-refractivity contribution in [3.63, 3.8) is 0 Å². The van der Waals surface area contributed by atoms with Gasteiger partial charge >= 0.3 is 0 Å². The van der Waals surface area contributed by atoms with Crippen LogP contribution in [-0.2, 0) is 0 Å². The molecule has 0 heteroatoms. The van der Waals surface area contributed by atoms with Crippen LogP contribution in [-0.4, -0.2) is 0 Å². The van der Waals surface area contributed by atoms with Gasteiger partial charge in [-0.15, -0.1) is 19.7 Å². The summed E-state index contributed by atoms with van der Waals surface area (Å²) in [5, 5.41) is 0. The van der Waals surface area contributed by atoms with E-state index in [0.29, 0.717) is 0 Å². The largest absolute Gasteiger partial charge is 0.103 e. The minimum absolute atomic E-state index is 0.808. The average molecular weight is 429 g/mol. The lowest BCUT2D eigenvalue weighted by Gasteiger charge is -2.13. The summed E-state index contributed by atoms with van der Waals surface area (Å²) >= 11 is 0. The summed E-state index contributed by atoms with van der Waals surface area (Å²) in [4.78, 5) is 0. The van der Waals surface area contributed by atoms with Crippen molar-refractivity contribution < 1.29 is 0 Å². The molecule has 0 nitrogen and oxygen atoms in total. The third-order valence-electron chi connectivity index (χ3n) is 6.41. The zero-order chi connectivity index (χ0) is 22.7. The molecule has 0 unspecified atom stereocenters. The summed E-state index contributed by atoms with van der Waals surface area (Å²) in [6.07, 6.45) is 41.1. The second-order valence-electron chi connectivity index (χ2n) is 9.44. The van der Waals surface area contributed by atoms with Crippen LogP contribution in [0.1, 0.15) is 141 Å². The van der Waals surface area contributed by atoms with Gasteiger partial charge in [0.15, 0.2) is 0 Å². The zero-order valence-corrected chi connectivity index (χ0v) is 21.1. The molecule has 180 valence electrons. The molecule has 0 aliphatic carbocycles. The standard InChI is InChI=1S/C31H56/c1-4-7-10-13-15-17-19-21-23-26-29-31(28-25-12-9-6-3)30-27-24-22-20-18-16-14-11-8-5-2/h4-6,25,28,31H,1-3,7-24,26-27,29-30H2. The van der Waals surface area contributed by atoms with Gasteiger partial charge in [-0.3, -0.25) is 0 Å². The first-order valence-electron chi connectivity index (χ1n) is 13.8. The molecule has 0 rings (SSSR count). The van der Waals surface area contributed by atoms with Crippen molar-refractivity contribution in [1.29, 1.82) is 0 Å². The van der Waals surface area contributed by atoms with Gasteiger partial charge in [-0.25, -0.2) is 0 Å². The van der Waals surface area contributed by atoms with E-state index in [1.54, 1.807) is 0 Å². The SMILES string of the molecule is C=CCCC=CC(CCCCCCCCCCC=C)CCCCCCCCCCC=C. The van der Waals surface area contributed by atoms with Crippen LogP contribution in [0.15, 0.2) is 50.1 Å². The Hall–Kier alpha value is -1.04. The second-order valence-corrected chi connectivity index (χ2v) is 9.44.